The number of thiophene rings is 1. The van der Waals surface area contributed by atoms with Crippen molar-refractivity contribution in [1.29, 1.82) is 5.26 Å². The van der Waals surface area contributed by atoms with Crippen molar-refractivity contribution in [1.82, 2.24) is 14.9 Å². The number of halogens is 5. The van der Waals surface area contributed by atoms with E-state index < -0.39 is 34.5 Å². The number of likely N-dealkylation sites (N-methyl/N-ethyl adjacent to an activating group) is 1. The van der Waals surface area contributed by atoms with Gasteiger partial charge in [-0.25, -0.2) is 8.78 Å². The van der Waals surface area contributed by atoms with Crippen LogP contribution < -0.4 is 15.4 Å². The predicted octanol–water partition coefficient (Wildman–Crippen LogP) is 5.34. The highest BCUT2D eigenvalue weighted by molar-refractivity contribution is 7.23. The van der Waals surface area contributed by atoms with Crippen molar-refractivity contribution in [2.75, 3.05) is 50.6 Å². The lowest BCUT2D eigenvalue weighted by Gasteiger charge is -2.32. The zero-order chi connectivity index (χ0) is 31.5. The molecule has 2 saturated heterocycles. The van der Waals surface area contributed by atoms with Gasteiger partial charge < -0.3 is 25.0 Å². The first-order valence-electron chi connectivity index (χ1n) is 13.7. The third-order valence-electron chi connectivity index (χ3n) is 8.09. The largest absolute Gasteiger partial charge is 0.467 e. The summed E-state index contributed by atoms with van der Waals surface area (Å²) < 4.78 is 85.8. The van der Waals surface area contributed by atoms with Gasteiger partial charge in [0.2, 0.25) is 5.91 Å². The Hall–Kier alpha value is -4.29. The lowest BCUT2D eigenvalue weighted by molar-refractivity contribution is -0.148. The zero-order valence-corrected chi connectivity index (χ0v) is 24.3. The highest BCUT2D eigenvalue weighted by Crippen LogP contribution is 2.48. The summed E-state index contributed by atoms with van der Waals surface area (Å²) in [5, 5.41) is 9.15. The standard InChI is InChI=1S/C29H25F5N6O3S/c1-3-40(14-6-7-39(10-14)27(41)13-11-43-12-13)26-16-8-18(29(32,33)34)21(22(31)23(16)37-28(38-26)42-2)15-4-5-19(30)24-20(15)17(9-35)25(36)44-24/h4-5,8,13-14H,3,6-7,10-12,36H2,1-2H3. The van der Waals surface area contributed by atoms with Crippen LogP contribution in [0.25, 0.3) is 32.1 Å². The molecule has 15 heteroatoms. The van der Waals surface area contributed by atoms with Crippen molar-refractivity contribution in [2.45, 2.75) is 25.6 Å². The lowest BCUT2D eigenvalue weighted by atomic mass is 9.92. The molecule has 9 nitrogen and oxygen atoms in total. The minimum absolute atomic E-state index is 0.0123. The van der Waals surface area contributed by atoms with E-state index in [4.69, 9.17) is 15.2 Å². The fourth-order valence-corrected chi connectivity index (χ4v) is 6.86. The van der Waals surface area contributed by atoms with Crippen LogP contribution >= 0.6 is 11.3 Å². The summed E-state index contributed by atoms with van der Waals surface area (Å²) in [5.74, 6) is -2.41. The lowest BCUT2D eigenvalue weighted by Crippen LogP contribution is -2.45. The van der Waals surface area contributed by atoms with E-state index in [1.807, 2.05) is 0 Å². The fourth-order valence-electron chi connectivity index (χ4n) is 5.91. The monoisotopic (exact) mass is 632 g/mol. The summed E-state index contributed by atoms with van der Waals surface area (Å²) in [6.07, 6.45) is -4.56. The maximum atomic E-state index is 16.6. The van der Waals surface area contributed by atoms with Crippen LogP contribution in [0.15, 0.2) is 18.2 Å². The number of methoxy groups -OCH3 is 1. The number of amides is 1. The van der Waals surface area contributed by atoms with Crippen LogP contribution in [0.2, 0.25) is 0 Å². The van der Waals surface area contributed by atoms with Crippen LogP contribution in [0.3, 0.4) is 0 Å². The second kappa shape index (κ2) is 11.0. The number of hydrogen-bond donors (Lipinski definition) is 1. The number of carbonyl (C=O) groups is 1. The first-order valence-corrected chi connectivity index (χ1v) is 14.5. The van der Waals surface area contributed by atoms with Gasteiger partial charge >= 0.3 is 12.2 Å². The highest BCUT2D eigenvalue weighted by atomic mass is 32.1. The van der Waals surface area contributed by atoms with Crippen LogP contribution in [-0.2, 0) is 15.7 Å². The van der Waals surface area contributed by atoms with E-state index in [1.54, 1.807) is 22.8 Å². The molecular formula is C29H25F5N6O3S. The summed E-state index contributed by atoms with van der Waals surface area (Å²) in [6.45, 7) is 3.49. The fraction of sp³-hybridized carbons (Fsp3) is 0.379. The molecule has 0 spiro atoms. The first-order chi connectivity index (χ1) is 21.0. The number of aromatic nitrogens is 2. The molecule has 0 aliphatic carbocycles. The van der Waals surface area contributed by atoms with Gasteiger partial charge in [0.15, 0.2) is 5.82 Å². The Balaban J connectivity index is 1.57. The van der Waals surface area contributed by atoms with Crippen molar-refractivity contribution in [3.8, 4) is 23.2 Å². The number of rotatable bonds is 6. The topological polar surface area (TPSA) is 118 Å². The summed E-state index contributed by atoms with van der Waals surface area (Å²) in [4.78, 5) is 24.7. The number of benzene rings is 2. The predicted molar refractivity (Wildman–Crippen MR) is 153 cm³/mol. The van der Waals surface area contributed by atoms with Crippen LogP contribution in [0, 0.1) is 28.9 Å². The van der Waals surface area contributed by atoms with Crippen LogP contribution in [0.4, 0.5) is 32.8 Å². The number of carbonyl (C=O) groups excluding carboxylic acids is 1. The summed E-state index contributed by atoms with van der Waals surface area (Å²) >= 11 is 0.689. The van der Waals surface area contributed by atoms with Crippen molar-refractivity contribution in [3.05, 3.63) is 41.0 Å². The number of anilines is 2. The molecule has 0 saturated carbocycles. The van der Waals surface area contributed by atoms with E-state index >= 15 is 4.39 Å². The van der Waals surface area contributed by atoms with Gasteiger partial charge in [0.1, 0.15) is 28.2 Å². The molecule has 0 bridgehead atoms. The number of hydrogen-bond acceptors (Lipinski definition) is 9. The van der Waals surface area contributed by atoms with E-state index in [9.17, 15) is 27.6 Å². The Kier molecular flexibility index (Phi) is 7.45. The Bertz CT molecular complexity index is 1850. The molecule has 4 aromatic rings. The molecule has 1 amide bonds. The Labute approximate surface area is 251 Å². The molecule has 2 fully saturated rings. The second-order valence-corrected chi connectivity index (χ2v) is 11.6. The van der Waals surface area contributed by atoms with Gasteiger partial charge in [-0.15, -0.1) is 11.3 Å². The summed E-state index contributed by atoms with van der Waals surface area (Å²) in [7, 11) is 1.25. The Morgan fingerprint density at radius 2 is 2.05 bits per heavy atom. The second-order valence-electron chi connectivity index (χ2n) is 10.5. The van der Waals surface area contributed by atoms with E-state index in [0.717, 1.165) is 18.2 Å². The molecule has 1 unspecified atom stereocenters. The molecule has 230 valence electrons. The third kappa shape index (κ3) is 4.72. The van der Waals surface area contributed by atoms with E-state index in [2.05, 4.69) is 9.97 Å². The van der Waals surface area contributed by atoms with Gasteiger partial charge in [0, 0.05) is 42.0 Å². The number of ether oxygens (including phenoxy) is 2. The van der Waals surface area contributed by atoms with Crippen molar-refractivity contribution < 1.29 is 36.2 Å². The maximum absolute atomic E-state index is 16.6. The summed E-state index contributed by atoms with van der Waals surface area (Å²) in [6, 6.07) is 3.87. The average molecular weight is 633 g/mol. The molecule has 2 aliphatic heterocycles. The van der Waals surface area contributed by atoms with Gasteiger partial charge in [-0.3, -0.25) is 4.79 Å². The first kappa shape index (κ1) is 29.8. The average Bonchev–Trinajstić information content (AvgIpc) is 3.57. The molecule has 2 N–H and O–H groups in total. The number of likely N-dealkylation sites (tertiary alicyclic amines) is 1. The van der Waals surface area contributed by atoms with Crippen molar-refractivity contribution >= 4 is 49.1 Å². The molecule has 2 aromatic heterocycles. The molecule has 6 rings (SSSR count). The molecule has 44 heavy (non-hydrogen) atoms. The molecular weight excluding hydrogens is 607 g/mol. The molecule has 2 aromatic carbocycles. The third-order valence-corrected chi connectivity index (χ3v) is 9.12. The van der Waals surface area contributed by atoms with Crippen LogP contribution in [-0.4, -0.2) is 66.8 Å². The van der Waals surface area contributed by atoms with Gasteiger partial charge in [0.25, 0.3) is 0 Å². The SMILES string of the molecule is CCN(c1nc(OC)nc2c(F)c(-c3ccc(F)c4sc(N)c(C#N)c34)c(C(F)(F)F)cc12)C1CCN(C(=O)C2COC2)C1. The smallest absolute Gasteiger partial charge is 0.417 e. The Morgan fingerprint density at radius 1 is 1.30 bits per heavy atom. The van der Waals surface area contributed by atoms with Gasteiger partial charge in [-0.2, -0.15) is 28.4 Å². The maximum Gasteiger partial charge on any atom is 0.417 e. The minimum Gasteiger partial charge on any atom is -0.467 e. The number of nitriles is 1. The van der Waals surface area contributed by atoms with Crippen molar-refractivity contribution in [2.24, 2.45) is 5.92 Å². The highest BCUT2D eigenvalue weighted by Gasteiger charge is 2.40. The summed E-state index contributed by atoms with van der Waals surface area (Å²) in [5.41, 5.74) is 2.58. The minimum atomic E-state index is -5.07. The number of nitrogens with two attached hydrogens (primary N) is 1. The van der Waals surface area contributed by atoms with E-state index in [1.165, 1.54) is 7.11 Å². The van der Waals surface area contributed by atoms with Gasteiger partial charge in [0.05, 0.1) is 42.1 Å². The number of nitrogens with zero attached hydrogens (tertiary/aromatic N) is 5. The molecule has 0 radical (unpaired) electrons. The number of fused-ring (bicyclic) bond motifs is 2. The van der Waals surface area contributed by atoms with E-state index in [0.29, 0.717) is 44.1 Å². The zero-order valence-electron chi connectivity index (χ0n) is 23.5. The van der Waals surface area contributed by atoms with E-state index in [-0.39, 0.29) is 67.8 Å². The van der Waals surface area contributed by atoms with Crippen LogP contribution in [0.1, 0.15) is 24.5 Å². The number of nitrogen functional groups attached to an aromatic ring is 1. The normalized spacial score (nSPS) is 17.2. The van der Waals surface area contributed by atoms with Gasteiger partial charge in [-0.1, -0.05) is 6.07 Å². The number of alkyl halides is 3. The van der Waals surface area contributed by atoms with Gasteiger partial charge in [-0.05, 0) is 31.0 Å². The molecule has 2 aliphatic rings. The molecule has 4 heterocycles. The van der Waals surface area contributed by atoms with Crippen LogP contribution in [0.5, 0.6) is 6.01 Å². The Morgan fingerprint density at radius 3 is 2.66 bits per heavy atom. The molecule has 1 atom stereocenters. The van der Waals surface area contributed by atoms with Crippen molar-refractivity contribution in [3.63, 3.8) is 0 Å². The quantitative estimate of drug-likeness (QED) is 0.283.